The predicted octanol–water partition coefficient (Wildman–Crippen LogP) is -1.37. The van der Waals surface area contributed by atoms with E-state index in [1.807, 2.05) is 6.92 Å². The van der Waals surface area contributed by atoms with Crippen LogP contribution in [0.5, 0.6) is 0 Å². The van der Waals surface area contributed by atoms with Crippen molar-refractivity contribution in [3.05, 3.63) is 16.3 Å². The molecule has 0 spiro atoms. The first-order valence-electron chi connectivity index (χ1n) is 5.74. The number of hydrogen-bond acceptors (Lipinski definition) is 4. The van der Waals surface area contributed by atoms with E-state index in [9.17, 15) is 9.59 Å². The third-order valence-electron chi connectivity index (χ3n) is 2.98. The van der Waals surface area contributed by atoms with Crippen LogP contribution in [-0.2, 0) is 24.4 Å². The summed E-state index contributed by atoms with van der Waals surface area (Å²) in [5, 5.41) is 7.30. The van der Waals surface area contributed by atoms with E-state index in [-0.39, 0.29) is 18.1 Å². The van der Waals surface area contributed by atoms with Crippen molar-refractivity contribution < 1.29 is 4.79 Å². The number of fused-ring (bicyclic) bond motifs is 1. The number of likely N-dealkylation sites (N-methyl/N-ethyl adjacent to an activating group) is 1. The molecule has 0 radical (unpaired) electrons. The maximum Gasteiger partial charge on any atom is 0.346 e. The van der Waals surface area contributed by atoms with E-state index in [4.69, 9.17) is 0 Å². The summed E-state index contributed by atoms with van der Waals surface area (Å²) in [6.45, 7) is 4.50. The molecular weight excluding hydrogens is 222 g/mol. The summed E-state index contributed by atoms with van der Waals surface area (Å²) in [6, 6.07) is 0. The standard InChI is InChI=1S/C10H17N5O2/c1-3-13(2)9(16)7-15-10(17)14-5-4-11-6-8(14)12-15/h11H,3-7H2,1-2H3. The lowest BCUT2D eigenvalue weighted by atomic mass is 10.4. The van der Waals surface area contributed by atoms with Gasteiger partial charge in [-0.25, -0.2) is 9.48 Å². The number of hydrogen-bond donors (Lipinski definition) is 1. The Morgan fingerprint density at radius 3 is 3.00 bits per heavy atom. The molecule has 0 saturated heterocycles. The first-order chi connectivity index (χ1) is 8.13. The van der Waals surface area contributed by atoms with Gasteiger partial charge in [-0.15, -0.1) is 0 Å². The molecule has 1 aliphatic rings. The molecule has 1 amide bonds. The Balaban J connectivity index is 2.20. The van der Waals surface area contributed by atoms with Crippen molar-refractivity contribution in [3.8, 4) is 0 Å². The molecule has 1 aromatic rings. The van der Waals surface area contributed by atoms with E-state index in [1.54, 1.807) is 16.5 Å². The Bertz CT molecular complexity index is 476. The van der Waals surface area contributed by atoms with Gasteiger partial charge in [0.05, 0.1) is 6.54 Å². The SMILES string of the molecule is CCN(C)C(=O)Cn1nc2n(c1=O)CCNC2. The molecule has 2 heterocycles. The maximum atomic E-state index is 11.9. The lowest BCUT2D eigenvalue weighted by Crippen LogP contribution is -2.36. The molecule has 1 aromatic heterocycles. The number of nitrogens with one attached hydrogen (secondary N) is 1. The van der Waals surface area contributed by atoms with Gasteiger partial charge < -0.3 is 10.2 Å². The zero-order chi connectivity index (χ0) is 12.4. The normalized spacial score (nSPS) is 14.5. The summed E-state index contributed by atoms with van der Waals surface area (Å²) >= 11 is 0. The third-order valence-corrected chi connectivity index (χ3v) is 2.98. The van der Waals surface area contributed by atoms with Crippen LogP contribution in [0.3, 0.4) is 0 Å². The van der Waals surface area contributed by atoms with Crippen molar-refractivity contribution in [2.75, 3.05) is 20.1 Å². The third kappa shape index (κ3) is 2.23. The van der Waals surface area contributed by atoms with Crippen LogP contribution in [0, 0.1) is 0 Å². The topological polar surface area (TPSA) is 72.2 Å². The summed E-state index contributed by atoms with van der Waals surface area (Å²) in [5.41, 5.74) is -0.195. The Morgan fingerprint density at radius 2 is 2.35 bits per heavy atom. The molecule has 0 atom stereocenters. The highest BCUT2D eigenvalue weighted by molar-refractivity contribution is 5.75. The minimum absolute atomic E-state index is 0.0170. The number of carbonyl (C=O) groups excluding carboxylic acids is 1. The van der Waals surface area contributed by atoms with Gasteiger partial charge >= 0.3 is 5.69 Å². The van der Waals surface area contributed by atoms with Crippen molar-refractivity contribution in [2.24, 2.45) is 0 Å². The Kier molecular flexibility index (Phi) is 3.28. The van der Waals surface area contributed by atoms with E-state index < -0.39 is 0 Å². The first-order valence-corrected chi connectivity index (χ1v) is 5.74. The molecule has 7 heteroatoms. The minimum atomic E-state index is -0.195. The minimum Gasteiger partial charge on any atom is -0.344 e. The van der Waals surface area contributed by atoms with Gasteiger partial charge in [-0.3, -0.25) is 9.36 Å². The van der Waals surface area contributed by atoms with Crippen LogP contribution in [-0.4, -0.2) is 45.3 Å². The van der Waals surface area contributed by atoms with E-state index in [0.717, 1.165) is 6.54 Å². The highest BCUT2D eigenvalue weighted by Crippen LogP contribution is 1.98. The van der Waals surface area contributed by atoms with Crippen LogP contribution < -0.4 is 11.0 Å². The Morgan fingerprint density at radius 1 is 1.59 bits per heavy atom. The quantitative estimate of drug-likeness (QED) is 0.706. The molecule has 0 fully saturated rings. The fraction of sp³-hybridized carbons (Fsp3) is 0.700. The second-order valence-corrected chi connectivity index (χ2v) is 4.09. The van der Waals surface area contributed by atoms with Crippen LogP contribution >= 0.6 is 0 Å². The maximum absolute atomic E-state index is 11.9. The summed E-state index contributed by atoms with van der Waals surface area (Å²) in [6.07, 6.45) is 0. The van der Waals surface area contributed by atoms with Gasteiger partial charge in [0.1, 0.15) is 12.4 Å². The number of amides is 1. The Labute approximate surface area is 99.0 Å². The van der Waals surface area contributed by atoms with Gasteiger partial charge in [-0.2, -0.15) is 5.10 Å². The fourth-order valence-electron chi connectivity index (χ4n) is 1.76. The van der Waals surface area contributed by atoms with E-state index in [1.165, 1.54) is 4.68 Å². The van der Waals surface area contributed by atoms with Crippen LogP contribution in [0.4, 0.5) is 0 Å². The van der Waals surface area contributed by atoms with Gasteiger partial charge in [-0.05, 0) is 6.92 Å². The van der Waals surface area contributed by atoms with Gasteiger partial charge in [0, 0.05) is 26.7 Å². The average molecular weight is 239 g/mol. The average Bonchev–Trinajstić information content (AvgIpc) is 2.66. The van der Waals surface area contributed by atoms with Gasteiger partial charge in [-0.1, -0.05) is 0 Å². The number of rotatable bonds is 3. The molecular formula is C10H17N5O2. The van der Waals surface area contributed by atoms with E-state index >= 15 is 0 Å². The summed E-state index contributed by atoms with van der Waals surface area (Å²) in [4.78, 5) is 25.2. The second-order valence-electron chi connectivity index (χ2n) is 4.09. The molecule has 7 nitrogen and oxygen atoms in total. The molecule has 2 rings (SSSR count). The lowest BCUT2D eigenvalue weighted by molar-refractivity contribution is -0.130. The van der Waals surface area contributed by atoms with Crippen molar-refractivity contribution in [3.63, 3.8) is 0 Å². The highest BCUT2D eigenvalue weighted by atomic mass is 16.2. The molecule has 0 bridgehead atoms. The molecule has 1 aliphatic heterocycles. The molecule has 0 unspecified atom stereocenters. The van der Waals surface area contributed by atoms with Crippen LogP contribution in [0.25, 0.3) is 0 Å². The lowest BCUT2D eigenvalue weighted by Gasteiger charge is -2.13. The fourth-order valence-corrected chi connectivity index (χ4v) is 1.76. The number of aromatic nitrogens is 3. The summed E-state index contributed by atoms with van der Waals surface area (Å²) in [5.74, 6) is 0.603. The van der Waals surface area contributed by atoms with Crippen LogP contribution in [0.15, 0.2) is 4.79 Å². The zero-order valence-electron chi connectivity index (χ0n) is 10.1. The molecule has 0 aromatic carbocycles. The number of carbonyl (C=O) groups is 1. The second kappa shape index (κ2) is 4.70. The molecule has 94 valence electrons. The largest absolute Gasteiger partial charge is 0.346 e. The monoisotopic (exact) mass is 239 g/mol. The van der Waals surface area contributed by atoms with Crippen molar-refractivity contribution in [1.82, 2.24) is 24.6 Å². The number of nitrogens with zero attached hydrogens (tertiary/aromatic N) is 4. The van der Waals surface area contributed by atoms with Crippen LogP contribution in [0.1, 0.15) is 12.7 Å². The van der Waals surface area contributed by atoms with Crippen molar-refractivity contribution in [2.45, 2.75) is 26.6 Å². The van der Waals surface area contributed by atoms with Crippen LogP contribution in [0.2, 0.25) is 0 Å². The molecule has 17 heavy (non-hydrogen) atoms. The van der Waals surface area contributed by atoms with E-state index in [2.05, 4.69) is 10.4 Å². The van der Waals surface area contributed by atoms with Gasteiger partial charge in [0.15, 0.2) is 0 Å². The van der Waals surface area contributed by atoms with Crippen molar-refractivity contribution in [1.29, 1.82) is 0 Å². The van der Waals surface area contributed by atoms with Crippen molar-refractivity contribution >= 4 is 5.91 Å². The molecule has 0 saturated carbocycles. The predicted molar refractivity (Wildman–Crippen MR) is 61.5 cm³/mol. The molecule has 1 N–H and O–H groups in total. The Hall–Kier alpha value is -1.63. The molecule has 0 aliphatic carbocycles. The van der Waals surface area contributed by atoms with Gasteiger partial charge in [0.25, 0.3) is 0 Å². The highest BCUT2D eigenvalue weighted by Gasteiger charge is 2.18. The smallest absolute Gasteiger partial charge is 0.344 e. The van der Waals surface area contributed by atoms with Gasteiger partial charge in [0.2, 0.25) is 5.91 Å². The summed E-state index contributed by atoms with van der Waals surface area (Å²) in [7, 11) is 1.71. The zero-order valence-corrected chi connectivity index (χ0v) is 10.1. The summed E-state index contributed by atoms with van der Waals surface area (Å²) < 4.78 is 2.87. The van der Waals surface area contributed by atoms with E-state index in [0.29, 0.717) is 25.5 Å². The first kappa shape index (κ1) is 11.8.